The summed E-state index contributed by atoms with van der Waals surface area (Å²) in [5.41, 5.74) is 0.954. The molecule has 0 bridgehead atoms. The van der Waals surface area contributed by atoms with Crippen LogP contribution in [0, 0.1) is 0 Å². The molecule has 5 rings (SSSR count). The number of amides is 3. The molecule has 53 heavy (non-hydrogen) atoms. The molecule has 0 fully saturated rings. The number of aromatic nitrogens is 1. The lowest BCUT2D eigenvalue weighted by atomic mass is 9.77. The first-order valence-electron chi connectivity index (χ1n) is 17.6. The second kappa shape index (κ2) is 17.5. The van der Waals surface area contributed by atoms with Gasteiger partial charge < -0.3 is 25.0 Å². The van der Waals surface area contributed by atoms with E-state index in [4.69, 9.17) is 4.74 Å². The van der Waals surface area contributed by atoms with Crippen molar-refractivity contribution in [2.24, 2.45) is 0 Å². The van der Waals surface area contributed by atoms with Crippen LogP contribution in [0.1, 0.15) is 61.9 Å². The van der Waals surface area contributed by atoms with Gasteiger partial charge in [0.05, 0.1) is 12.6 Å². The molecule has 0 aliphatic heterocycles. The molecular formula is C43H46N4O6. The van der Waals surface area contributed by atoms with Gasteiger partial charge in [0.1, 0.15) is 22.9 Å². The summed E-state index contributed by atoms with van der Waals surface area (Å²) in [5.74, 6) is -0.815. The summed E-state index contributed by atoms with van der Waals surface area (Å²) < 4.78 is 6.58. The molecule has 1 unspecified atom stereocenters. The normalized spacial score (nSPS) is 12.6. The molecule has 2 atom stereocenters. The maximum absolute atomic E-state index is 14.0. The van der Waals surface area contributed by atoms with E-state index in [2.05, 4.69) is 16.0 Å². The Morgan fingerprint density at radius 2 is 1.25 bits per heavy atom. The maximum Gasteiger partial charge on any atom is 0.412 e. The van der Waals surface area contributed by atoms with Crippen molar-refractivity contribution in [2.45, 2.75) is 63.3 Å². The predicted molar refractivity (Wildman–Crippen MR) is 205 cm³/mol. The average Bonchev–Trinajstić information content (AvgIpc) is 3.16. The molecule has 1 aromatic heterocycles. The highest BCUT2D eigenvalue weighted by molar-refractivity contribution is 5.85. The number of anilines is 1. The van der Waals surface area contributed by atoms with Crippen LogP contribution >= 0.6 is 0 Å². The average molecular weight is 715 g/mol. The Labute approximate surface area is 309 Å². The fourth-order valence-electron chi connectivity index (χ4n) is 6.28. The van der Waals surface area contributed by atoms with Gasteiger partial charge >= 0.3 is 6.09 Å². The summed E-state index contributed by atoms with van der Waals surface area (Å²) in [4.78, 5) is 54.1. The predicted octanol–water partition coefficient (Wildman–Crippen LogP) is 6.34. The van der Waals surface area contributed by atoms with Crippen molar-refractivity contribution in [3.8, 4) is 0 Å². The van der Waals surface area contributed by atoms with Gasteiger partial charge in [0.15, 0.2) is 0 Å². The molecule has 0 aliphatic carbocycles. The molecule has 5 aromatic rings. The summed E-state index contributed by atoms with van der Waals surface area (Å²) in [6.07, 6.45) is 0.932. The zero-order valence-corrected chi connectivity index (χ0v) is 30.2. The van der Waals surface area contributed by atoms with E-state index >= 15 is 0 Å². The topological polar surface area (TPSA) is 139 Å². The van der Waals surface area contributed by atoms with Crippen molar-refractivity contribution in [3.63, 3.8) is 0 Å². The number of nitrogens with one attached hydrogen (secondary N) is 3. The summed E-state index contributed by atoms with van der Waals surface area (Å²) in [7, 11) is 0. The van der Waals surface area contributed by atoms with Crippen molar-refractivity contribution in [1.29, 1.82) is 0 Å². The Kier molecular flexibility index (Phi) is 12.6. The molecular weight excluding hydrogens is 668 g/mol. The Balaban J connectivity index is 1.37. The van der Waals surface area contributed by atoms with Crippen LogP contribution in [0.25, 0.3) is 0 Å². The summed E-state index contributed by atoms with van der Waals surface area (Å²) in [6.45, 7) is 4.70. The molecule has 3 amide bonds. The molecule has 0 spiro atoms. The van der Waals surface area contributed by atoms with Crippen LogP contribution in [0.2, 0.25) is 0 Å². The number of aliphatic hydroxyl groups excluding tert-OH is 1. The van der Waals surface area contributed by atoms with Gasteiger partial charge in [-0.15, -0.1) is 0 Å². The zero-order chi connectivity index (χ0) is 37.8. The van der Waals surface area contributed by atoms with Crippen LogP contribution in [-0.4, -0.2) is 45.8 Å². The standard InChI is InChI=1S/C43H46N4O6/c1-42(2,3)53-41(52)45-36-25-16-28-47(40(36)51)37(29-31-17-8-4-9-18-31)39(50)44-35(30-48)26-27-38(49)46-43(32-19-10-5-11-20-32,33-21-12-6-13-22-33)34-23-14-7-15-24-34/h4-25,28,35,37,48H,26-27,29-30H2,1-3H3,(H,44,50)(H,45,52)(H,46,49)/t35?,37-/m0/s1. The first kappa shape index (κ1) is 38.2. The maximum atomic E-state index is 14.0. The van der Waals surface area contributed by atoms with Gasteiger partial charge in [-0.3, -0.25) is 19.7 Å². The largest absolute Gasteiger partial charge is 0.444 e. The minimum Gasteiger partial charge on any atom is -0.444 e. The lowest BCUT2D eigenvalue weighted by Gasteiger charge is -2.37. The highest BCUT2D eigenvalue weighted by Crippen LogP contribution is 2.37. The highest BCUT2D eigenvalue weighted by atomic mass is 16.6. The van der Waals surface area contributed by atoms with Gasteiger partial charge in [-0.1, -0.05) is 121 Å². The van der Waals surface area contributed by atoms with Crippen LogP contribution in [0.4, 0.5) is 10.5 Å². The van der Waals surface area contributed by atoms with Gasteiger partial charge in [-0.25, -0.2) is 4.79 Å². The first-order valence-corrected chi connectivity index (χ1v) is 17.6. The van der Waals surface area contributed by atoms with Crippen molar-refractivity contribution < 1.29 is 24.2 Å². The number of ether oxygens (including phenoxy) is 1. The van der Waals surface area contributed by atoms with Gasteiger partial charge in [0.25, 0.3) is 5.56 Å². The Morgan fingerprint density at radius 3 is 1.74 bits per heavy atom. The third-order valence-corrected chi connectivity index (χ3v) is 8.75. The van der Waals surface area contributed by atoms with Gasteiger partial charge in [0.2, 0.25) is 11.8 Å². The molecule has 274 valence electrons. The number of rotatable bonds is 14. The second-order valence-electron chi connectivity index (χ2n) is 13.8. The highest BCUT2D eigenvalue weighted by Gasteiger charge is 2.38. The van der Waals surface area contributed by atoms with Crippen LogP contribution < -0.4 is 21.5 Å². The third-order valence-electron chi connectivity index (χ3n) is 8.75. The zero-order valence-electron chi connectivity index (χ0n) is 30.2. The molecule has 1 heterocycles. The Hall–Kier alpha value is -6.00. The minimum absolute atomic E-state index is 0.0155. The second-order valence-corrected chi connectivity index (χ2v) is 13.8. The molecule has 0 saturated heterocycles. The van der Waals surface area contributed by atoms with Gasteiger partial charge in [-0.05, 0) is 61.6 Å². The van der Waals surface area contributed by atoms with Crippen LogP contribution in [0.5, 0.6) is 0 Å². The third kappa shape index (κ3) is 9.87. The minimum atomic E-state index is -1.05. The molecule has 4 aromatic carbocycles. The van der Waals surface area contributed by atoms with E-state index in [0.717, 1.165) is 22.3 Å². The van der Waals surface area contributed by atoms with Crippen LogP contribution in [0.15, 0.2) is 144 Å². The van der Waals surface area contributed by atoms with E-state index in [1.807, 2.05) is 121 Å². The van der Waals surface area contributed by atoms with Crippen LogP contribution in [0.3, 0.4) is 0 Å². The van der Waals surface area contributed by atoms with E-state index in [1.165, 1.54) is 16.8 Å². The Bertz CT molecular complexity index is 1920. The molecule has 4 N–H and O–H groups in total. The number of hydrogen-bond donors (Lipinski definition) is 4. The lowest BCUT2D eigenvalue weighted by Crippen LogP contribution is -2.48. The smallest absolute Gasteiger partial charge is 0.412 e. The van der Waals surface area contributed by atoms with Crippen molar-refractivity contribution in [1.82, 2.24) is 15.2 Å². The number of carbonyl (C=O) groups excluding carboxylic acids is 3. The molecule has 10 nitrogen and oxygen atoms in total. The summed E-state index contributed by atoms with van der Waals surface area (Å²) in [6, 6.07) is 39.6. The monoisotopic (exact) mass is 714 g/mol. The molecule has 0 aliphatic rings. The molecule has 0 saturated carbocycles. The van der Waals surface area contributed by atoms with Crippen molar-refractivity contribution in [3.05, 3.63) is 172 Å². The number of nitrogens with zero attached hydrogens (tertiary/aromatic N) is 1. The van der Waals surface area contributed by atoms with Crippen LogP contribution in [-0.2, 0) is 26.3 Å². The van der Waals surface area contributed by atoms with Gasteiger partial charge in [0, 0.05) is 19.0 Å². The molecule has 10 heteroatoms. The fraction of sp³-hybridized carbons (Fsp3) is 0.256. The first-order chi connectivity index (χ1) is 25.5. The van der Waals surface area contributed by atoms with E-state index < -0.39 is 47.4 Å². The number of pyridine rings is 1. The number of hydrogen-bond acceptors (Lipinski definition) is 6. The number of benzene rings is 4. The summed E-state index contributed by atoms with van der Waals surface area (Å²) in [5, 5.41) is 19.1. The van der Waals surface area contributed by atoms with E-state index in [1.54, 1.807) is 26.8 Å². The molecule has 0 radical (unpaired) electrons. The van der Waals surface area contributed by atoms with Crippen molar-refractivity contribution >= 4 is 23.6 Å². The van der Waals surface area contributed by atoms with Crippen molar-refractivity contribution in [2.75, 3.05) is 11.9 Å². The number of aliphatic hydroxyl groups is 1. The summed E-state index contributed by atoms with van der Waals surface area (Å²) >= 11 is 0. The van der Waals surface area contributed by atoms with E-state index in [9.17, 15) is 24.3 Å². The fourth-order valence-corrected chi connectivity index (χ4v) is 6.28. The SMILES string of the molecule is CC(C)(C)OC(=O)Nc1cccn([C@@H](Cc2ccccc2)C(=O)NC(CO)CCC(=O)NC(c2ccccc2)(c2ccccc2)c2ccccc2)c1=O. The van der Waals surface area contributed by atoms with E-state index in [-0.39, 0.29) is 30.9 Å². The quantitative estimate of drug-likeness (QED) is 0.0991. The lowest BCUT2D eigenvalue weighted by molar-refractivity contribution is -0.126. The Morgan fingerprint density at radius 1 is 0.736 bits per heavy atom. The number of carbonyl (C=O) groups is 3. The van der Waals surface area contributed by atoms with E-state index in [0.29, 0.717) is 0 Å². The van der Waals surface area contributed by atoms with Gasteiger partial charge in [-0.2, -0.15) is 0 Å².